The van der Waals surface area contributed by atoms with Gasteiger partial charge in [0.15, 0.2) is 11.6 Å². The molecule has 24 heavy (non-hydrogen) atoms. The van der Waals surface area contributed by atoms with Crippen molar-refractivity contribution in [3.05, 3.63) is 0 Å². The molecule has 0 aromatic heterocycles. The number of aliphatic hydroxyl groups excluding tert-OH is 2. The fraction of sp³-hybridized carbons (Fsp3) is 0.812. The normalized spacial score (nSPS) is 18.2. The number of hydrogen-bond donors (Lipinski definition) is 5. The largest absolute Gasteiger partial charge is 0.391 e. The highest BCUT2D eigenvalue weighted by Crippen LogP contribution is 2.18. The lowest BCUT2D eigenvalue weighted by atomic mass is 9.84. The summed E-state index contributed by atoms with van der Waals surface area (Å²) in [4.78, 5) is 36.2. The van der Waals surface area contributed by atoms with Crippen LogP contribution in [0.3, 0.4) is 0 Å². The summed E-state index contributed by atoms with van der Waals surface area (Å²) in [6.45, 7) is 9.28. The third-order valence-electron chi connectivity index (χ3n) is 3.67. The zero-order valence-electron chi connectivity index (χ0n) is 15.3. The van der Waals surface area contributed by atoms with Crippen molar-refractivity contribution in [1.82, 2.24) is 10.6 Å². The van der Waals surface area contributed by atoms with Crippen LogP contribution in [0.1, 0.15) is 41.5 Å². The van der Waals surface area contributed by atoms with Crippen molar-refractivity contribution in [2.24, 2.45) is 11.1 Å². The van der Waals surface area contributed by atoms with Gasteiger partial charge in [0.25, 0.3) is 0 Å². The van der Waals surface area contributed by atoms with E-state index in [1.54, 1.807) is 20.8 Å². The average Bonchev–Trinajstić information content (AvgIpc) is 2.46. The maximum Gasteiger partial charge on any atom is 0.237 e. The first kappa shape index (κ1) is 22.6. The van der Waals surface area contributed by atoms with E-state index >= 15 is 0 Å². The number of carbonyl (C=O) groups excluding carboxylic acids is 3. The van der Waals surface area contributed by atoms with Crippen LogP contribution in [0.4, 0.5) is 0 Å². The van der Waals surface area contributed by atoms with Gasteiger partial charge in [-0.15, -0.1) is 0 Å². The van der Waals surface area contributed by atoms with Gasteiger partial charge in [0.1, 0.15) is 6.04 Å². The van der Waals surface area contributed by atoms with Crippen molar-refractivity contribution in [3.8, 4) is 0 Å². The molecule has 0 spiro atoms. The molecule has 0 unspecified atom stereocenters. The lowest BCUT2D eigenvalue weighted by Crippen LogP contribution is -2.56. The van der Waals surface area contributed by atoms with Crippen LogP contribution in [0.25, 0.3) is 0 Å². The summed E-state index contributed by atoms with van der Waals surface area (Å²) in [5.41, 5.74) is 4.80. The smallest absolute Gasteiger partial charge is 0.237 e. The molecule has 0 aliphatic heterocycles. The molecule has 0 rings (SSSR count). The summed E-state index contributed by atoms with van der Waals surface area (Å²) in [6.07, 6.45) is -2.02. The first-order valence-corrected chi connectivity index (χ1v) is 8.01. The van der Waals surface area contributed by atoms with Crippen molar-refractivity contribution < 1.29 is 24.6 Å². The van der Waals surface area contributed by atoms with Gasteiger partial charge in [-0.05, 0) is 20.8 Å². The summed E-state index contributed by atoms with van der Waals surface area (Å²) in [5, 5.41) is 24.2. The predicted octanol–water partition coefficient (Wildman–Crippen LogP) is -1.28. The maximum absolute atomic E-state index is 12.3. The Balaban J connectivity index is 4.72. The van der Waals surface area contributed by atoms with Crippen LogP contribution in [-0.4, -0.2) is 64.6 Å². The number of nitrogens with one attached hydrogen (secondary N) is 2. The van der Waals surface area contributed by atoms with Gasteiger partial charge in [0.2, 0.25) is 5.91 Å². The molecule has 0 radical (unpaired) electrons. The third-order valence-corrected chi connectivity index (χ3v) is 3.67. The molecule has 140 valence electrons. The summed E-state index contributed by atoms with van der Waals surface area (Å²) >= 11 is 0. The zero-order valence-corrected chi connectivity index (χ0v) is 15.3. The Bertz CT molecular complexity index is 457. The summed E-state index contributed by atoms with van der Waals surface area (Å²) in [5.74, 6) is -1.23. The molecule has 8 heteroatoms. The second-order valence-electron chi connectivity index (χ2n) is 7.18. The number of hydrogen-bond acceptors (Lipinski definition) is 7. The van der Waals surface area contributed by atoms with E-state index in [1.165, 1.54) is 20.8 Å². The number of aliphatic hydroxyl groups is 2. The van der Waals surface area contributed by atoms with Crippen LogP contribution in [0.15, 0.2) is 0 Å². The molecule has 0 saturated carbocycles. The van der Waals surface area contributed by atoms with Crippen molar-refractivity contribution in [1.29, 1.82) is 0 Å². The molecule has 0 aliphatic carbocycles. The number of amides is 1. The molecule has 0 bridgehead atoms. The van der Waals surface area contributed by atoms with Crippen LogP contribution < -0.4 is 16.4 Å². The SMILES string of the molecule is C[C@@H](NCC(=O)[C@H](N)[C@@H](C)O)C(=O)N[C@H](C(=O)C(C)(C)C)[C@@H](C)O. The second-order valence-corrected chi connectivity index (χ2v) is 7.18. The van der Waals surface area contributed by atoms with Crippen LogP contribution in [0.2, 0.25) is 0 Å². The molecule has 1 amide bonds. The Morgan fingerprint density at radius 1 is 1.04 bits per heavy atom. The molecular formula is C16H31N3O5. The first-order valence-electron chi connectivity index (χ1n) is 8.01. The van der Waals surface area contributed by atoms with Crippen LogP contribution in [0.5, 0.6) is 0 Å². The Morgan fingerprint density at radius 2 is 1.54 bits per heavy atom. The van der Waals surface area contributed by atoms with Gasteiger partial charge in [0.05, 0.1) is 30.8 Å². The van der Waals surface area contributed by atoms with Crippen LogP contribution in [0, 0.1) is 5.41 Å². The van der Waals surface area contributed by atoms with Crippen molar-refractivity contribution >= 4 is 17.5 Å². The minimum Gasteiger partial charge on any atom is -0.391 e. The fourth-order valence-corrected chi connectivity index (χ4v) is 1.88. The molecule has 0 aromatic rings. The van der Waals surface area contributed by atoms with Gasteiger partial charge in [-0.2, -0.15) is 0 Å². The van der Waals surface area contributed by atoms with Gasteiger partial charge in [-0.1, -0.05) is 20.8 Å². The number of carbonyl (C=O) groups is 3. The molecule has 8 nitrogen and oxygen atoms in total. The van der Waals surface area contributed by atoms with E-state index in [0.717, 1.165) is 0 Å². The quantitative estimate of drug-likeness (QED) is 0.350. The van der Waals surface area contributed by atoms with Crippen LogP contribution >= 0.6 is 0 Å². The van der Waals surface area contributed by atoms with E-state index < -0.39 is 47.4 Å². The third kappa shape index (κ3) is 7.04. The summed E-state index contributed by atoms with van der Waals surface area (Å²) < 4.78 is 0. The Labute approximate surface area is 143 Å². The van der Waals surface area contributed by atoms with E-state index in [-0.39, 0.29) is 12.3 Å². The van der Waals surface area contributed by atoms with E-state index in [9.17, 15) is 24.6 Å². The molecule has 5 atom stereocenters. The minimum atomic E-state index is -1.04. The number of rotatable bonds is 9. The highest BCUT2D eigenvalue weighted by molar-refractivity contribution is 5.94. The van der Waals surface area contributed by atoms with Gasteiger partial charge in [0, 0.05) is 5.41 Å². The van der Waals surface area contributed by atoms with E-state index in [0.29, 0.717) is 0 Å². The highest BCUT2D eigenvalue weighted by atomic mass is 16.3. The molecule has 0 aromatic carbocycles. The summed E-state index contributed by atoms with van der Waals surface area (Å²) in [7, 11) is 0. The number of nitrogens with two attached hydrogens (primary N) is 1. The highest BCUT2D eigenvalue weighted by Gasteiger charge is 2.34. The monoisotopic (exact) mass is 345 g/mol. The van der Waals surface area contributed by atoms with Crippen molar-refractivity contribution in [2.45, 2.75) is 71.9 Å². The second kappa shape index (κ2) is 9.22. The first-order chi connectivity index (χ1) is 10.8. The zero-order chi connectivity index (χ0) is 19.2. The minimum absolute atomic E-state index is 0.187. The average molecular weight is 345 g/mol. The van der Waals surface area contributed by atoms with Crippen molar-refractivity contribution in [2.75, 3.05) is 6.54 Å². The van der Waals surface area contributed by atoms with E-state index in [2.05, 4.69) is 10.6 Å². The number of Topliss-reactive ketones (excluding diaryl/α,β-unsaturated/α-hetero) is 2. The van der Waals surface area contributed by atoms with Gasteiger partial charge >= 0.3 is 0 Å². The van der Waals surface area contributed by atoms with Gasteiger partial charge < -0.3 is 21.3 Å². The Hall–Kier alpha value is -1.35. The standard InChI is InChI=1S/C16H31N3O5/c1-8(18-7-11(22)12(17)9(2)20)15(24)19-13(10(3)21)14(23)16(4,5)6/h8-10,12-13,18,20-21H,7,17H2,1-6H3,(H,19,24)/t8-,9-,10-,12-,13+/m1/s1. The lowest BCUT2D eigenvalue weighted by molar-refractivity contribution is -0.135. The maximum atomic E-state index is 12.3. The molecule has 0 saturated heterocycles. The van der Waals surface area contributed by atoms with Crippen molar-refractivity contribution in [3.63, 3.8) is 0 Å². The molecular weight excluding hydrogens is 314 g/mol. The number of ketones is 2. The van der Waals surface area contributed by atoms with Gasteiger partial charge in [-0.3, -0.25) is 19.7 Å². The topological polar surface area (TPSA) is 142 Å². The summed E-state index contributed by atoms with van der Waals surface area (Å²) in [6, 6.07) is -2.83. The van der Waals surface area contributed by atoms with Crippen LogP contribution in [-0.2, 0) is 14.4 Å². The van der Waals surface area contributed by atoms with E-state index in [1.807, 2.05) is 0 Å². The molecule has 6 N–H and O–H groups in total. The lowest BCUT2D eigenvalue weighted by Gasteiger charge is -2.28. The fourth-order valence-electron chi connectivity index (χ4n) is 1.88. The molecule has 0 fully saturated rings. The van der Waals surface area contributed by atoms with Gasteiger partial charge in [-0.25, -0.2) is 0 Å². The molecule has 0 heterocycles. The van der Waals surface area contributed by atoms with E-state index in [4.69, 9.17) is 5.73 Å². The Kier molecular flexibility index (Phi) is 8.70. The predicted molar refractivity (Wildman–Crippen MR) is 90.2 cm³/mol. The molecule has 0 aliphatic rings. The Morgan fingerprint density at radius 3 is 1.92 bits per heavy atom.